The van der Waals surface area contributed by atoms with Crippen LogP contribution < -0.4 is 5.73 Å². The third-order valence-electron chi connectivity index (χ3n) is 2.36. The molecule has 2 N–H and O–H groups in total. The molecule has 0 aliphatic carbocycles. The van der Waals surface area contributed by atoms with Gasteiger partial charge in [0.25, 0.3) is 0 Å². The lowest BCUT2D eigenvalue weighted by atomic mass is 10.2. The third kappa shape index (κ3) is 4.48. The molecule has 4 nitrogen and oxygen atoms in total. The van der Waals surface area contributed by atoms with E-state index in [1.54, 1.807) is 13.0 Å². The summed E-state index contributed by atoms with van der Waals surface area (Å²) in [5.41, 5.74) is 5.83. The van der Waals surface area contributed by atoms with Crippen LogP contribution in [-0.2, 0) is 10.0 Å². The number of halogens is 3. The van der Waals surface area contributed by atoms with Crippen molar-refractivity contribution in [3.05, 3.63) is 29.8 Å². The number of sulfonamides is 1. The molecule has 108 valence electrons. The molecule has 0 bridgehead atoms. The first kappa shape index (κ1) is 15.9. The van der Waals surface area contributed by atoms with Gasteiger partial charge in [-0.1, -0.05) is 12.1 Å². The molecular weight excluding hydrogens is 281 g/mol. The molecule has 0 aromatic heterocycles. The van der Waals surface area contributed by atoms with Gasteiger partial charge >= 0.3 is 6.18 Å². The Labute approximate surface area is 110 Å². The van der Waals surface area contributed by atoms with Gasteiger partial charge in [-0.3, -0.25) is 0 Å². The molecule has 0 saturated heterocycles. The summed E-state index contributed by atoms with van der Waals surface area (Å²) in [6.07, 6.45) is -4.61. The number of nitrogens with two attached hydrogens (primary N) is 1. The van der Waals surface area contributed by atoms with Gasteiger partial charge in [0.2, 0.25) is 10.0 Å². The second-order valence-electron chi connectivity index (χ2n) is 4.06. The van der Waals surface area contributed by atoms with E-state index in [4.69, 9.17) is 5.73 Å². The predicted molar refractivity (Wildman–Crippen MR) is 65.0 cm³/mol. The molecule has 0 aliphatic rings. The number of hydrogen-bond donors (Lipinski definition) is 1. The summed E-state index contributed by atoms with van der Waals surface area (Å²) in [5.74, 6) is 0. The Morgan fingerprint density at radius 3 is 2.42 bits per heavy atom. The van der Waals surface area contributed by atoms with E-state index in [-0.39, 0.29) is 18.0 Å². The first-order valence-corrected chi connectivity index (χ1v) is 6.94. The summed E-state index contributed by atoms with van der Waals surface area (Å²) in [4.78, 5) is -0.162. The normalized spacial score (nSPS) is 12.9. The van der Waals surface area contributed by atoms with E-state index < -0.39 is 22.7 Å². The summed E-state index contributed by atoms with van der Waals surface area (Å²) in [5, 5.41) is 0. The zero-order valence-electron chi connectivity index (χ0n) is 10.3. The Balaban J connectivity index is 3.13. The van der Waals surface area contributed by atoms with Crippen LogP contribution in [0.4, 0.5) is 13.2 Å². The summed E-state index contributed by atoms with van der Waals surface area (Å²) in [6.45, 7) is -0.437. The molecule has 1 aromatic carbocycles. The number of nitrogens with zero attached hydrogens (tertiary/aromatic N) is 1. The second kappa shape index (κ2) is 5.89. The molecule has 0 aliphatic heterocycles. The molecule has 0 saturated carbocycles. The van der Waals surface area contributed by atoms with E-state index in [9.17, 15) is 21.6 Å². The van der Waals surface area contributed by atoms with Gasteiger partial charge in [-0.15, -0.1) is 0 Å². The molecule has 0 unspecified atom stereocenters. The van der Waals surface area contributed by atoms with Crippen LogP contribution in [0.1, 0.15) is 5.56 Å². The number of alkyl halides is 3. The Kier molecular flexibility index (Phi) is 4.94. The molecule has 19 heavy (non-hydrogen) atoms. The van der Waals surface area contributed by atoms with E-state index >= 15 is 0 Å². The minimum absolute atomic E-state index is 0.162. The Morgan fingerprint density at radius 1 is 1.32 bits per heavy atom. The fourth-order valence-electron chi connectivity index (χ4n) is 1.55. The summed E-state index contributed by atoms with van der Waals surface area (Å²) < 4.78 is 61.8. The van der Waals surface area contributed by atoms with Crippen LogP contribution >= 0.6 is 0 Å². The maximum atomic E-state index is 12.4. The van der Waals surface area contributed by atoms with Crippen molar-refractivity contribution in [2.45, 2.75) is 18.0 Å². The Bertz CT molecular complexity index is 529. The van der Waals surface area contributed by atoms with Crippen LogP contribution in [0.3, 0.4) is 0 Å². The van der Waals surface area contributed by atoms with Crippen molar-refractivity contribution in [2.24, 2.45) is 5.73 Å². The highest BCUT2D eigenvalue weighted by atomic mass is 32.2. The molecule has 0 heterocycles. The predicted octanol–water partition coefficient (Wildman–Crippen LogP) is 1.51. The van der Waals surface area contributed by atoms with Crippen LogP contribution in [0.25, 0.3) is 0 Å². The molecule has 0 amide bonds. The summed E-state index contributed by atoms with van der Waals surface area (Å²) in [6, 6.07) is 5.74. The van der Waals surface area contributed by atoms with Crippen molar-refractivity contribution >= 4 is 10.0 Å². The molecule has 0 atom stereocenters. The number of benzene rings is 1. The average molecular weight is 296 g/mol. The van der Waals surface area contributed by atoms with Crippen LogP contribution in [-0.4, -0.2) is 38.5 Å². The van der Waals surface area contributed by atoms with E-state index in [0.29, 0.717) is 9.87 Å². The van der Waals surface area contributed by atoms with Crippen molar-refractivity contribution in [1.82, 2.24) is 4.31 Å². The third-order valence-corrected chi connectivity index (χ3v) is 4.20. The van der Waals surface area contributed by atoms with Gasteiger partial charge in [0.15, 0.2) is 0 Å². The van der Waals surface area contributed by atoms with Crippen molar-refractivity contribution < 1.29 is 21.6 Å². The standard InChI is InChI=1S/C11H15F3N2O2S/c1-9-3-2-4-10(7-9)19(17,18)16(6-5-15)8-11(12,13)14/h2-4,7H,5-6,8,15H2,1H3. The molecule has 0 radical (unpaired) electrons. The molecular formula is C11H15F3N2O2S. The number of aryl methyl sites for hydroxylation is 1. The number of rotatable bonds is 5. The second-order valence-corrected chi connectivity index (χ2v) is 6.00. The van der Waals surface area contributed by atoms with Gasteiger partial charge in [-0.05, 0) is 24.6 Å². The van der Waals surface area contributed by atoms with E-state index in [2.05, 4.69) is 0 Å². The highest BCUT2D eigenvalue weighted by Crippen LogP contribution is 2.22. The van der Waals surface area contributed by atoms with E-state index in [1.165, 1.54) is 18.2 Å². The van der Waals surface area contributed by atoms with Crippen molar-refractivity contribution in [1.29, 1.82) is 0 Å². The van der Waals surface area contributed by atoms with Crippen LogP contribution in [0.5, 0.6) is 0 Å². The van der Waals surface area contributed by atoms with Gasteiger partial charge in [0.05, 0.1) is 4.90 Å². The fourth-order valence-corrected chi connectivity index (χ4v) is 3.10. The van der Waals surface area contributed by atoms with Crippen molar-refractivity contribution in [3.8, 4) is 0 Å². The Hall–Kier alpha value is -1.12. The maximum absolute atomic E-state index is 12.4. The van der Waals surface area contributed by atoms with Gasteiger partial charge in [0, 0.05) is 13.1 Å². The largest absolute Gasteiger partial charge is 0.402 e. The van der Waals surface area contributed by atoms with Gasteiger partial charge in [0.1, 0.15) is 6.54 Å². The lowest BCUT2D eigenvalue weighted by Crippen LogP contribution is -2.41. The van der Waals surface area contributed by atoms with Crippen molar-refractivity contribution in [2.75, 3.05) is 19.6 Å². The summed E-state index contributed by atoms with van der Waals surface area (Å²) >= 11 is 0. The van der Waals surface area contributed by atoms with Gasteiger partial charge < -0.3 is 5.73 Å². The highest BCUT2D eigenvalue weighted by molar-refractivity contribution is 7.89. The first-order valence-electron chi connectivity index (χ1n) is 5.50. The quantitative estimate of drug-likeness (QED) is 0.895. The topological polar surface area (TPSA) is 63.4 Å². The smallest absolute Gasteiger partial charge is 0.329 e. The van der Waals surface area contributed by atoms with Crippen LogP contribution in [0, 0.1) is 6.92 Å². The maximum Gasteiger partial charge on any atom is 0.402 e. The first-order chi connectivity index (χ1) is 8.66. The highest BCUT2D eigenvalue weighted by Gasteiger charge is 2.36. The van der Waals surface area contributed by atoms with Crippen LogP contribution in [0.15, 0.2) is 29.2 Å². The molecule has 1 aromatic rings. The lowest BCUT2D eigenvalue weighted by molar-refractivity contribution is -0.135. The zero-order chi connectivity index (χ0) is 14.7. The summed E-state index contributed by atoms with van der Waals surface area (Å²) in [7, 11) is -4.19. The minimum Gasteiger partial charge on any atom is -0.329 e. The van der Waals surface area contributed by atoms with Gasteiger partial charge in [-0.25, -0.2) is 8.42 Å². The fraction of sp³-hybridized carbons (Fsp3) is 0.455. The minimum atomic E-state index is -4.61. The van der Waals surface area contributed by atoms with Crippen molar-refractivity contribution in [3.63, 3.8) is 0 Å². The average Bonchev–Trinajstić information content (AvgIpc) is 2.26. The van der Waals surface area contributed by atoms with E-state index in [1.807, 2.05) is 0 Å². The molecule has 0 spiro atoms. The SMILES string of the molecule is Cc1cccc(S(=O)(=O)N(CCN)CC(F)(F)F)c1. The Morgan fingerprint density at radius 2 is 1.95 bits per heavy atom. The molecule has 8 heteroatoms. The molecule has 0 fully saturated rings. The zero-order valence-corrected chi connectivity index (χ0v) is 11.1. The van der Waals surface area contributed by atoms with Gasteiger partial charge in [-0.2, -0.15) is 17.5 Å². The van der Waals surface area contributed by atoms with E-state index in [0.717, 1.165) is 0 Å². The monoisotopic (exact) mass is 296 g/mol. The number of hydrogen-bond acceptors (Lipinski definition) is 3. The van der Waals surface area contributed by atoms with Crippen LogP contribution in [0.2, 0.25) is 0 Å². The lowest BCUT2D eigenvalue weighted by Gasteiger charge is -2.22. The molecule has 1 rings (SSSR count).